The monoisotopic (exact) mass is 294 g/mol. The molecule has 0 aliphatic carbocycles. The van der Waals surface area contributed by atoms with Crippen LogP contribution in [0.15, 0.2) is 36.5 Å². The summed E-state index contributed by atoms with van der Waals surface area (Å²) >= 11 is 0. The van der Waals surface area contributed by atoms with Crippen LogP contribution in [0.2, 0.25) is 0 Å². The smallest absolute Gasteiger partial charge is 0.387 e. The summed E-state index contributed by atoms with van der Waals surface area (Å²) in [7, 11) is 0. The summed E-state index contributed by atoms with van der Waals surface area (Å²) in [5, 5.41) is 11.9. The summed E-state index contributed by atoms with van der Waals surface area (Å²) in [5.41, 5.74) is 1.02. The Balaban J connectivity index is 2.38. The van der Waals surface area contributed by atoms with Crippen molar-refractivity contribution in [2.45, 2.75) is 13.5 Å². The number of aromatic nitrogens is 1. The zero-order valence-electron chi connectivity index (χ0n) is 11.0. The molecule has 0 amide bonds. The maximum atomic E-state index is 12.4. The van der Waals surface area contributed by atoms with Gasteiger partial charge in [0.15, 0.2) is 0 Å². The van der Waals surface area contributed by atoms with Gasteiger partial charge >= 0.3 is 12.6 Å². The molecule has 0 unspecified atom stereocenters. The summed E-state index contributed by atoms with van der Waals surface area (Å²) in [5.74, 6) is -1.24. The van der Waals surface area contributed by atoms with E-state index in [2.05, 4.69) is 15.0 Å². The lowest BCUT2D eigenvalue weighted by molar-refractivity contribution is -0.0493. The molecule has 0 bridgehead atoms. The Hall–Kier alpha value is -2.70. The van der Waals surface area contributed by atoms with Crippen LogP contribution in [-0.2, 0) is 0 Å². The van der Waals surface area contributed by atoms with E-state index < -0.39 is 12.6 Å². The molecule has 2 rings (SSSR count). The van der Waals surface area contributed by atoms with Crippen molar-refractivity contribution in [3.8, 4) is 5.75 Å². The second kappa shape index (κ2) is 6.17. The van der Waals surface area contributed by atoms with Crippen LogP contribution in [0.1, 0.15) is 16.1 Å². The predicted octanol–water partition coefficient (Wildman–Crippen LogP) is 3.43. The van der Waals surface area contributed by atoms with Crippen LogP contribution in [0.25, 0.3) is 0 Å². The number of nitrogens with zero attached hydrogens (tertiary/aromatic N) is 1. The Bertz CT molecular complexity index is 662. The first kappa shape index (κ1) is 14.7. The zero-order valence-corrected chi connectivity index (χ0v) is 11.0. The molecule has 7 heteroatoms. The highest BCUT2D eigenvalue weighted by Crippen LogP contribution is 2.30. The van der Waals surface area contributed by atoms with Crippen LogP contribution < -0.4 is 10.1 Å². The van der Waals surface area contributed by atoms with Gasteiger partial charge in [-0.1, -0.05) is 12.1 Å². The Labute approximate surface area is 119 Å². The van der Waals surface area contributed by atoms with E-state index in [1.165, 1.54) is 24.4 Å². The number of hydrogen-bond donors (Lipinski definition) is 2. The SMILES string of the molecule is Cc1cc(Nc2ccccc2OC(F)F)c(C(=O)O)cn1. The molecule has 5 nitrogen and oxygen atoms in total. The molecule has 0 atom stereocenters. The van der Waals surface area contributed by atoms with Crippen molar-refractivity contribution in [3.05, 3.63) is 47.8 Å². The summed E-state index contributed by atoms with van der Waals surface area (Å²) < 4.78 is 29.1. The number of carboxylic acids is 1. The van der Waals surface area contributed by atoms with Gasteiger partial charge in [-0.3, -0.25) is 4.98 Å². The predicted molar refractivity (Wildman–Crippen MR) is 72.3 cm³/mol. The van der Waals surface area contributed by atoms with Crippen LogP contribution in [0.3, 0.4) is 0 Å². The number of aromatic carboxylic acids is 1. The molecule has 2 N–H and O–H groups in total. The lowest BCUT2D eigenvalue weighted by atomic mass is 10.2. The van der Waals surface area contributed by atoms with Crippen LogP contribution in [0.5, 0.6) is 5.75 Å². The van der Waals surface area contributed by atoms with E-state index in [-0.39, 0.29) is 22.7 Å². The number of ether oxygens (including phenoxy) is 1. The number of halogens is 2. The first-order chi connectivity index (χ1) is 9.97. The minimum absolute atomic E-state index is 0.0625. The third-order valence-electron chi connectivity index (χ3n) is 2.64. The summed E-state index contributed by atoms with van der Waals surface area (Å²) in [6.45, 7) is -1.27. The van der Waals surface area contributed by atoms with Crippen LogP contribution in [-0.4, -0.2) is 22.7 Å². The summed E-state index contributed by atoms with van der Waals surface area (Å²) in [4.78, 5) is 15.1. The zero-order chi connectivity index (χ0) is 15.4. The van der Waals surface area contributed by atoms with E-state index in [1.807, 2.05) is 0 Å². The largest absolute Gasteiger partial charge is 0.478 e. The third kappa shape index (κ3) is 3.65. The Morgan fingerprint density at radius 3 is 2.71 bits per heavy atom. The third-order valence-corrected chi connectivity index (χ3v) is 2.64. The number of rotatable bonds is 5. The number of hydrogen-bond acceptors (Lipinski definition) is 4. The number of alkyl halides is 2. The molecular formula is C14H12F2N2O3. The van der Waals surface area contributed by atoms with Gasteiger partial charge in [-0.05, 0) is 25.1 Å². The fourth-order valence-corrected chi connectivity index (χ4v) is 1.75. The highest BCUT2D eigenvalue weighted by molar-refractivity contribution is 5.95. The van der Waals surface area contributed by atoms with Crippen molar-refractivity contribution in [2.75, 3.05) is 5.32 Å². The number of nitrogens with one attached hydrogen (secondary N) is 1. The van der Waals surface area contributed by atoms with Gasteiger partial charge in [-0.15, -0.1) is 0 Å². The van der Waals surface area contributed by atoms with Crippen LogP contribution >= 0.6 is 0 Å². The van der Waals surface area contributed by atoms with Gasteiger partial charge in [-0.25, -0.2) is 4.79 Å². The molecule has 110 valence electrons. The maximum absolute atomic E-state index is 12.4. The number of carboxylic acid groups (broad SMARTS) is 1. The van der Waals surface area contributed by atoms with Crippen molar-refractivity contribution in [1.82, 2.24) is 4.98 Å². The number of aryl methyl sites for hydroxylation is 1. The minimum Gasteiger partial charge on any atom is -0.478 e. The summed E-state index contributed by atoms with van der Waals surface area (Å²) in [6, 6.07) is 7.55. The molecule has 0 aliphatic rings. The number of carbonyl (C=O) groups is 1. The fraction of sp³-hybridized carbons (Fsp3) is 0.143. The van der Waals surface area contributed by atoms with Crippen molar-refractivity contribution in [1.29, 1.82) is 0 Å². The van der Waals surface area contributed by atoms with E-state index in [9.17, 15) is 13.6 Å². The average molecular weight is 294 g/mol. The Kier molecular flexibility index (Phi) is 4.32. The first-order valence-corrected chi connectivity index (χ1v) is 5.98. The van der Waals surface area contributed by atoms with Crippen molar-refractivity contribution >= 4 is 17.3 Å². The molecule has 0 aliphatic heterocycles. The lowest BCUT2D eigenvalue weighted by Gasteiger charge is -2.14. The Morgan fingerprint density at radius 1 is 1.33 bits per heavy atom. The van der Waals surface area contributed by atoms with Crippen molar-refractivity contribution in [3.63, 3.8) is 0 Å². The average Bonchev–Trinajstić information content (AvgIpc) is 2.40. The van der Waals surface area contributed by atoms with Gasteiger partial charge in [0.2, 0.25) is 0 Å². The summed E-state index contributed by atoms with van der Waals surface area (Å²) in [6.07, 6.45) is 1.20. The van der Waals surface area contributed by atoms with E-state index >= 15 is 0 Å². The van der Waals surface area contributed by atoms with E-state index in [0.717, 1.165) is 0 Å². The number of para-hydroxylation sites is 2. The second-order valence-corrected chi connectivity index (χ2v) is 4.18. The van der Waals surface area contributed by atoms with Crippen LogP contribution in [0.4, 0.5) is 20.2 Å². The van der Waals surface area contributed by atoms with E-state index in [1.54, 1.807) is 19.1 Å². The molecule has 0 saturated heterocycles. The number of benzene rings is 1. The number of pyridine rings is 1. The van der Waals surface area contributed by atoms with Gasteiger partial charge in [0, 0.05) is 11.9 Å². The topological polar surface area (TPSA) is 71.5 Å². The number of anilines is 2. The molecule has 0 spiro atoms. The molecule has 2 aromatic rings. The van der Waals surface area contributed by atoms with Gasteiger partial charge < -0.3 is 15.2 Å². The van der Waals surface area contributed by atoms with Crippen LogP contribution in [0, 0.1) is 6.92 Å². The van der Waals surface area contributed by atoms with E-state index in [0.29, 0.717) is 5.69 Å². The first-order valence-electron chi connectivity index (χ1n) is 5.98. The molecule has 0 radical (unpaired) electrons. The fourth-order valence-electron chi connectivity index (χ4n) is 1.75. The second-order valence-electron chi connectivity index (χ2n) is 4.18. The van der Waals surface area contributed by atoms with Crippen molar-refractivity contribution in [2.24, 2.45) is 0 Å². The molecular weight excluding hydrogens is 282 g/mol. The van der Waals surface area contributed by atoms with Gasteiger partial charge in [0.25, 0.3) is 0 Å². The highest BCUT2D eigenvalue weighted by Gasteiger charge is 2.14. The molecule has 0 fully saturated rings. The van der Waals surface area contributed by atoms with E-state index in [4.69, 9.17) is 5.11 Å². The van der Waals surface area contributed by atoms with Gasteiger partial charge in [0.1, 0.15) is 11.3 Å². The molecule has 21 heavy (non-hydrogen) atoms. The lowest BCUT2D eigenvalue weighted by Crippen LogP contribution is -2.07. The molecule has 0 saturated carbocycles. The highest BCUT2D eigenvalue weighted by atomic mass is 19.3. The quantitative estimate of drug-likeness (QED) is 0.884. The normalized spacial score (nSPS) is 10.5. The standard InChI is InChI=1S/C14H12F2N2O3/c1-8-6-11(9(7-17-8)13(19)20)18-10-4-2-3-5-12(10)21-14(15)16/h2-7,14H,1H3,(H,17,18)(H,19,20). The molecule has 1 heterocycles. The Morgan fingerprint density at radius 2 is 2.05 bits per heavy atom. The van der Waals surface area contributed by atoms with Gasteiger partial charge in [-0.2, -0.15) is 8.78 Å². The maximum Gasteiger partial charge on any atom is 0.387 e. The van der Waals surface area contributed by atoms with Crippen molar-refractivity contribution < 1.29 is 23.4 Å². The minimum atomic E-state index is -2.97. The van der Waals surface area contributed by atoms with Gasteiger partial charge in [0.05, 0.1) is 11.4 Å². The molecule has 1 aromatic carbocycles. The molecule has 1 aromatic heterocycles.